The highest BCUT2D eigenvalue weighted by atomic mass is 16.1. The number of rotatable bonds is 1. The molecule has 0 spiro atoms. The number of allylic oxidation sites excluding steroid dienone is 3. The Morgan fingerprint density at radius 3 is 2.57 bits per heavy atom. The van der Waals surface area contributed by atoms with Gasteiger partial charge in [0.05, 0.1) is 0 Å². The Kier molecular flexibility index (Phi) is 3.46. The fourth-order valence-corrected chi connectivity index (χ4v) is 6.15. The molecule has 1 nitrogen and oxygen atoms in total. The molecule has 0 amide bonds. The molecule has 0 bridgehead atoms. The van der Waals surface area contributed by atoms with Crippen LogP contribution in [0.25, 0.3) is 0 Å². The zero-order valence-corrected chi connectivity index (χ0v) is 14.2. The van der Waals surface area contributed by atoms with Gasteiger partial charge in [0, 0.05) is 11.5 Å². The van der Waals surface area contributed by atoms with Crippen LogP contribution in [0.2, 0.25) is 0 Å². The molecule has 0 unspecified atom stereocenters. The molecule has 0 aromatic heterocycles. The maximum absolute atomic E-state index is 12.9. The fourth-order valence-electron chi connectivity index (χ4n) is 6.15. The molecular formula is C20H30O. The van der Waals surface area contributed by atoms with Crippen LogP contribution in [-0.4, -0.2) is 5.78 Å². The third kappa shape index (κ3) is 2.07. The van der Waals surface area contributed by atoms with Gasteiger partial charge in [0.15, 0.2) is 5.78 Å². The van der Waals surface area contributed by atoms with Crippen molar-refractivity contribution in [3.05, 3.63) is 23.8 Å². The number of carbonyl (C=O) groups excluding carboxylic acids is 1. The summed E-state index contributed by atoms with van der Waals surface area (Å²) in [6.45, 7) is 13.4. The van der Waals surface area contributed by atoms with Gasteiger partial charge in [-0.3, -0.25) is 4.79 Å². The Morgan fingerprint density at radius 1 is 1.19 bits per heavy atom. The number of carbonyl (C=O) groups is 1. The fraction of sp³-hybridized carbons (Fsp3) is 0.750. The molecule has 4 atom stereocenters. The molecule has 116 valence electrons. The molecule has 21 heavy (non-hydrogen) atoms. The average molecular weight is 286 g/mol. The normalized spacial score (nSPS) is 42.3. The number of fused-ring (bicyclic) bond motifs is 3. The van der Waals surface area contributed by atoms with Crippen LogP contribution in [0.4, 0.5) is 0 Å². The van der Waals surface area contributed by atoms with Gasteiger partial charge in [-0.2, -0.15) is 0 Å². The van der Waals surface area contributed by atoms with Crippen molar-refractivity contribution in [2.75, 3.05) is 0 Å². The van der Waals surface area contributed by atoms with E-state index in [-0.39, 0.29) is 5.92 Å². The average Bonchev–Trinajstić information content (AvgIpc) is 2.39. The molecular weight excluding hydrogens is 256 g/mol. The van der Waals surface area contributed by atoms with Crippen LogP contribution >= 0.6 is 0 Å². The lowest BCUT2D eigenvalue weighted by Crippen LogP contribution is -2.54. The Bertz CT molecular complexity index is 510. The molecule has 0 aromatic rings. The van der Waals surface area contributed by atoms with Crippen molar-refractivity contribution < 1.29 is 4.79 Å². The second kappa shape index (κ2) is 4.83. The molecule has 0 heterocycles. The van der Waals surface area contributed by atoms with E-state index < -0.39 is 0 Å². The van der Waals surface area contributed by atoms with Crippen molar-refractivity contribution in [3.8, 4) is 0 Å². The summed E-state index contributed by atoms with van der Waals surface area (Å²) in [5.41, 5.74) is 3.00. The van der Waals surface area contributed by atoms with E-state index in [1.54, 1.807) is 6.08 Å². The first kappa shape index (κ1) is 15.1. The van der Waals surface area contributed by atoms with Gasteiger partial charge in [-0.05, 0) is 61.7 Å². The highest BCUT2D eigenvalue weighted by molar-refractivity contribution is 6.01. The standard InChI is InChI=1S/C20H30O/c1-6-14-13(2)12-16-15(18(14)21)8-9-17-19(3,4)10-7-11-20(16,17)5/h6,15-17H,1,7-12H2,2-5H3/t15-,16+,17+,20-/m1/s1. The summed E-state index contributed by atoms with van der Waals surface area (Å²) in [5.74, 6) is 2.00. The smallest absolute Gasteiger partial charge is 0.166 e. The minimum Gasteiger partial charge on any atom is -0.294 e. The predicted molar refractivity (Wildman–Crippen MR) is 88.0 cm³/mol. The van der Waals surface area contributed by atoms with Crippen molar-refractivity contribution in [1.29, 1.82) is 0 Å². The number of Topliss-reactive ketones (excluding diaryl/α,β-unsaturated/α-hetero) is 1. The largest absolute Gasteiger partial charge is 0.294 e. The van der Waals surface area contributed by atoms with E-state index in [2.05, 4.69) is 34.3 Å². The third-order valence-electron chi connectivity index (χ3n) is 7.17. The molecule has 2 fully saturated rings. The topological polar surface area (TPSA) is 17.1 Å². The van der Waals surface area contributed by atoms with E-state index in [4.69, 9.17) is 0 Å². The van der Waals surface area contributed by atoms with Crippen LogP contribution in [0.5, 0.6) is 0 Å². The van der Waals surface area contributed by atoms with Crippen molar-refractivity contribution >= 4 is 5.78 Å². The van der Waals surface area contributed by atoms with Crippen molar-refractivity contribution in [1.82, 2.24) is 0 Å². The van der Waals surface area contributed by atoms with Gasteiger partial charge >= 0.3 is 0 Å². The summed E-state index contributed by atoms with van der Waals surface area (Å²) >= 11 is 0. The molecule has 3 rings (SSSR count). The molecule has 3 aliphatic rings. The Labute approximate surface area is 129 Å². The van der Waals surface area contributed by atoms with E-state index >= 15 is 0 Å². The van der Waals surface area contributed by atoms with E-state index in [0.29, 0.717) is 22.5 Å². The summed E-state index contributed by atoms with van der Waals surface area (Å²) in [4.78, 5) is 12.9. The summed E-state index contributed by atoms with van der Waals surface area (Å²) in [7, 11) is 0. The van der Waals surface area contributed by atoms with Gasteiger partial charge in [-0.25, -0.2) is 0 Å². The van der Waals surface area contributed by atoms with Gasteiger partial charge < -0.3 is 0 Å². The van der Waals surface area contributed by atoms with Crippen LogP contribution in [0, 0.1) is 28.6 Å². The number of hydrogen-bond acceptors (Lipinski definition) is 1. The van der Waals surface area contributed by atoms with Gasteiger partial charge in [0.25, 0.3) is 0 Å². The van der Waals surface area contributed by atoms with E-state index in [9.17, 15) is 4.79 Å². The number of ketones is 1. The first-order valence-corrected chi connectivity index (χ1v) is 8.67. The first-order chi connectivity index (χ1) is 9.81. The molecule has 0 saturated heterocycles. The highest BCUT2D eigenvalue weighted by Gasteiger charge is 2.56. The highest BCUT2D eigenvalue weighted by Crippen LogP contribution is 2.63. The molecule has 0 N–H and O–H groups in total. The summed E-state index contributed by atoms with van der Waals surface area (Å²) in [6.07, 6.45) is 9.23. The second-order valence-electron chi connectivity index (χ2n) is 8.66. The summed E-state index contributed by atoms with van der Waals surface area (Å²) in [6, 6.07) is 0. The molecule has 0 aromatic carbocycles. The minimum atomic E-state index is 0.261. The lowest BCUT2D eigenvalue weighted by atomic mass is 9.44. The third-order valence-corrected chi connectivity index (χ3v) is 7.17. The summed E-state index contributed by atoms with van der Waals surface area (Å²) in [5, 5.41) is 0. The van der Waals surface area contributed by atoms with Crippen molar-refractivity contribution in [2.24, 2.45) is 28.6 Å². The lowest BCUT2D eigenvalue weighted by molar-refractivity contribution is -0.137. The molecule has 0 aliphatic heterocycles. The Balaban J connectivity index is 2.01. The van der Waals surface area contributed by atoms with Crippen molar-refractivity contribution in [3.63, 3.8) is 0 Å². The van der Waals surface area contributed by atoms with E-state index in [1.807, 2.05) is 0 Å². The molecule has 3 aliphatic carbocycles. The van der Waals surface area contributed by atoms with Crippen molar-refractivity contribution in [2.45, 2.75) is 66.2 Å². The maximum atomic E-state index is 12.9. The first-order valence-electron chi connectivity index (χ1n) is 8.67. The van der Waals surface area contributed by atoms with Gasteiger partial charge in [-0.15, -0.1) is 0 Å². The number of hydrogen-bond donors (Lipinski definition) is 0. The Morgan fingerprint density at radius 2 is 1.90 bits per heavy atom. The lowest BCUT2D eigenvalue weighted by Gasteiger charge is -2.60. The van der Waals surface area contributed by atoms with Gasteiger partial charge in [-0.1, -0.05) is 45.4 Å². The summed E-state index contributed by atoms with van der Waals surface area (Å²) < 4.78 is 0. The molecule has 1 heteroatoms. The van der Waals surface area contributed by atoms with Crippen LogP contribution in [0.1, 0.15) is 66.2 Å². The van der Waals surface area contributed by atoms with E-state index in [0.717, 1.165) is 24.3 Å². The quantitative estimate of drug-likeness (QED) is 0.637. The second-order valence-corrected chi connectivity index (χ2v) is 8.66. The van der Waals surface area contributed by atoms with Crippen LogP contribution < -0.4 is 0 Å². The Hall–Kier alpha value is -0.850. The zero-order valence-electron chi connectivity index (χ0n) is 14.2. The molecule has 2 saturated carbocycles. The van der Waals surface area contributed by atoms with E-state index in [1.165, 1.54) is 31.3 Å². The van der Waals surface area contributed by atoms with Gasteiger partial charge in [0.1, 0.15) is 0 Å². The van der Waals surface area contributed by atoms with Gasteiger partial charge in [0.2, 0.25) is 0 Å². The minimum absolute atomic E-state index is 0.261. The zero-order chi connectivity index (χ0) is 15.4. The van der Waals surface area contributed by atoms with Crippen LogP contribution in [0.3, 0.4) is 0 Å². The van der Waals surface area contributed by atoms with Crippen LogP contribution in [-0.2, 0) is 4.79 Å². The molecule has 0 radical (unpaired) electrons. The monoisotopic (exact) mass is 286 g/mol. The maximum Gasteiger partial charge on any atom is 0.166 e. The SMILES string of the molecule is C=CC1=C(C)C[C@H]2[C@@H](CC[C@H]3C(C)(C)CCC[C@]23C)C1=O. The van der Waals surface area contributed by atoms with Crippen LogP contribution in [0.15, 0.2) is 23.8 Å². The predicted octanol–water partition coefficient (Wildman–Crippen LogP) is 5.32.